The highest BCUT2D eigenvalue weighted by atomic mass is 16.4. The standard InChI is InChI=1S/C12H17N5O2/c1-8(6-17-5-4-13-7-17)14-11-10(12(18)19)9(2)15-16(11)3/h4-5,7-8,14H,6H2,1-3H3,(H,18,19). The molecule has 0 radical (unpaired) electrons. The van der Waals surface area contributed by atoms with Gasteiger partial charge in [-0.1, -0.05) is 0 Å². The summed E-state index contributed by atoms with van der Waals surface area (Å²) in [6.07, 6.45) is 5.30. The molecule has 7 nitrogen and oxygen atoms in total. The van der Waals surface area contributed by atoms with E-state index in [1.54, 1.807) is 31.2 Å². The van der Waals surface area contributed by atoms with Crippen LogP contribution in [0.3, 0.4) is 0 Å². The van der Waals surface area contributed by atoms with Gasteiger partial charge < -0.3 is 15.0 Å². The minimum atomic E-state index is -0.970. The molecule has 0 saturated carbocycles. The molecule has 0 aliphatic carbocycles. The molecule has 7 heteroatoms. The Morgan fingerprint density at radius 3 is 2.89 bits per heavy atom. The quantitative estimate of drug-likeness (QED) is 0.844. The Morgan fingerprint density at radius 2 is 2.32 bits per heavy atom. The number of anilines is 1. The van der Waals surface area contributed by atoms with Gasteiger partial charge in [0, 0.05) is 32.0 Å². The summed E-state index contributed by atoms with van der Waals surface area (Å²) in [5.41, 5.74) is 0.729. The van der Waals surface area contributed by atoms with Crippen LogP contribution in [0.25, 0.3) is 0 Å². The van der Waals surface area contributed by atoms with Crippen LogP contribution >= 0.6 is 0 Å². The Balaban J connectivity index is 2.16. The van der Waals surface area contributed by atoms with Crippen molar-refractivity contribution in [3.63, 3.8) is 0 Å². The fourth-order valence-corrected chi connectivity index (χ4v) is 2.07. The molecule has 0 aliphatic rings. The SMILES string of the molecule is Cc1nn(C)c(NC(C)Cn2ccnc2)c1C(=O)O. The van der Waals surface area contributed by atoms with Gasteiger partial charge in [-0.05, 0) is 13.8 Å². The van der Waals surface area contributed by atoms with Crippen LogP contribution in [0.5, 0.6) is 0 Å². The molecule has 0 amide bonds. The Kier molecular flexibility index (Phi) is 3.55. The zero-order chi connectivity index (χ0) is 14.0. The summed E-state index contributed by atoms with van der Waals surface area (Å²) in [5.74, 6) is -0.444. The zero-order valence-corrected chi connectivity index (χ0v) is 11.2. The van der Waals surface area contributed by atoms with E-state index in [1.807, 2.05) is 17.7 Å². The molecule has 0 saturated heterocycles. The maximum Gasteiger partial charge on any atom is 0.341 e. The molecule has 1 unspecified atom stereocenters. The number of carboxylic acids is 1. The maximum atomic E-state index is 11.2. The van der Waals surface area contributed by atoms with Crippen LogP contribution in [0, 0.1) is 6.92 Å². The number of carbonyl (C=O) groups is 1. The summed E-state index contributed by atoms with van der Waals surface area (Å²) < 4.78 is 3.49. The number of hydrogen-bond donors (Lipinski definition) is 2. The van der Waals surface area contributed by atoms with Gasteiger partial charge in [-0.3, -0.25) is 4.68 Å². The van der Waals surface area contributed by atoms with E-state index in [-0.39, 0.29) is 11.6 Å². The lowest BCUT2D eigenvalue weighted by atomic mass is 10.2. The van der Waals surface area contributed by atoms with E-state index in [1.165, 1.54) is 0 Å². The monoisotopic (exact) mass is 263 g/mol. The number of nitrogens with zero attached hydrogens (tertiary/aromatic N) is 4. The highest BCUT2D eigenvalue weighted by Crippen LogP contribution is 2.19. The van der Waals surface area contributed by atoms with Gasteiger partial charge in [0.1, 0.15) is 11.4 Å². The first-order valence-corrected chi connectivity index (χ1v) is 5.98. The summed E-state index contributed by atoms with van der Waals surface area (Å²) in [6, 6.07) is 0.0575. The van der Waals surface area contributed by atoms with Gasteiger partial charge in [-0.25, -0.2) is 9.78 Å². The van der Waals surface area contributed by atoms with Crippen LogP contribution in [-0.2, 0) is 13.6 Å². The second kappa shape index (κ2) is 5.13. The van der Waals surface area contributed by atoms with Gasteiger partial charge in [0.25, 0.3) is 0 Å². The summed E-state index contributed by atoms with van der Waals surface area (Å²) in [7, 11) is 1.73. The third-order valence-corrected chi connectivity index (χ3v) is 2.86. The first kappa shape index (κ1) is 13.1. The van der Waals surface area contributed by atoms with Gasteiger partial charge in [0.05, 0.1) is 12.0 Å². The molecular formula is C12H17N5O2. The van der Waals surface area contributed by atoms with E-state index >= 15 is 0 Å². The summed E-state index contributed by atoms with van der Waals surface area (Å²) in [6.45, 7) is 4.37. The Morgan fingerprint density at radius 1 is 1.58 bits per heavy atom. The van der Waals surface area contributed by atoms with Gasteiger partial charge >= 0.3 is 5.97 Å². The van der Waals surface area contributed by atoms with Crippen molar-refractivity contribution in [1.82, 2.24) is 19.3 Å². The smallest absolute Gasteiger partial charge is 0.341 e. The molecule has 0 fully saturated rings. The number of imidazole rings is 1. The second-order valence-corrected chi connectivity index (χ2v) is 4.54. The number of nitrogens with one attached hydrogen (secondary N) is 1. The molecule has 19 heavy (non-hydrogen) atoms. The molecule has 2 heterocycles. The second-order valence-electron chi connectivity index (χ2n) is 4.54. The molecular weight excluding hydrogens is 246 g/mol. The largest absolute Gasteiger partial charge is 0.477 e. The average Bonchev–Trinajstić information content (AvgIpc) is 2.88. The maximum absolute atomic E-state index is 11.2. The van der Waals surface area contributed by atoms with Crippen molar-refractivity contribution in [2.24, 2.45) is 7.05 Å². The average molecular weight is 263 g/mol. The molecule has 2 aromatic heterocycles. The number of aryl methyl sites for hydroxylation is 2. The Bertz CT molecular complexity index is 573. The molecule has 2 rings (SSSR count). The lowest BCUT2D eigenvalue weighted by molar-refractivity contribution is 0.0697. The van der Waals surface area contributed by atoms with E-state index in [4.69, 9.17) is 0 Å². The fraction of sp³-hybridized carbons (Fsp3) is 0.417. The third-order valence-electron chi connectivity index (χ3n) is 2.86. The molecule has 0 spiro atoms. The molecule has 2 N–H and O–H groups in total. The van der Waals surface area contributed by atoms with Crippen molar-refractivity contribution in [3.05, 3.63) is 30.0 Å². The molecule has 0 aliphatic heterocycles. The number of hydrogen-bond acceptors (Lipinski definition) is 4. The van der Waals surface area contributed by atoms with Crippen molar-refractivity contribution in [3.8, 4) is 0 Å². The van der Waals surface area contributed by atoms with Crippen LogP contribution in [0.15, 0.2) is 18.7 Å². The Labute approximate surface area is 110 Å². The van der Waals surface area contributed by atoms with Crippen LogP contribution in [0.4, 0.5) is 5.82 Å². The van der Waals surface area contributed by atoms with Crippen molar-refractivity contribution >= 4 is 11.8 Å². The van der Waals surface area contributed by atoms with E-state index < -0.39 is 5.97 Å². The van der Waals surface area contributed by atoms with Gasteiger partial charge in [0.2, 0.25) is 0 Å². The van der Waals surface area contributed by atoms with Gasteiger partial charge in [-0.2, -0.15) is 5.10 Å². The third kappa shape index (κ3) is 2.75. The predicted octanol–water partition coefficient (Wildman–Crippen LogP) is 1.12. The molecule has 1 atom stereocenters. The lowest BCUT2D eigenvalue weighted by Gasteiger charge is -2.16. The van der Waals surface area contributed by atoms with Crippen molar-refractivity contribution in [2.45, 2.75) is 26.4 Å². The summed E-state index contributed by atoms with van der Waals surface area (Å²) >= 11 is 0. The topological polar surface area (TPSA) is 85.0 Å². The summed E-state index contributed by atoms with van der Waals surface area (Å²) in [4.78, 5) is 15.2. The van der Waals surface area contributed by atoms with Crippen molar-refractivity contribution < 1.29 is 9.90 Å². The molecule has 102 valence electrons. The van der Waals surface area contributed by atoms with Crippen LogP contribution in [-0.4, -0.2) is 36.4 Å². The molecule has 2 aromatic rings. The first-order chi connectivity index (χ1) is 8.99. The van der Waals surface area contributed by atoms with Crippen LogP contribution in [0.1, 0.15) is 23.0 Å². The van der Waals surface area contributed by atoms with Crippen molar-refractivity contribution in [1.29, 1.82) is 0 Å². The van der Waals surface area contributed by atoms with Gasteiger partial charge in [-0.15, -0.1) is 0 Å². The number of carboxylic acid groups (broad SMARTS) is 1. The summed E-state index contributed by atoms with van der Waals surface area (Å²) in [5, 5.41) is 16.5. The highest BCUT2D eigenvalue weighted by Gasteiger charge is 2.20. The lowest BCUT2D eigenvalue weighted by Crippen LogP contribution is -2.24. The first-order valence-electron chi connectivity index (χ1n) is 5.98. The van der Waals surface area contributed by atoms with E-state index in [0.29, 0.717) is 18.1 Å². The minimum Gasteiger partial charge on any atom is -0.477 e. The normalized spacial score (nSPS) is 12.4. The van der Waals surface area contributed by atoms with E-state index in [9.17, 15) is 9.90 Å². The van der Waals surface area contributed by atoms with Crippen molar-refractivity contribution in [2.75, 3.05) is 5.32 Å². The van der Waals surface area contributed by atoms with E-state index in [0.717, 1.165) is 0 Å². The van der Waals surface area contributed by atoms with Gasteiger partial charge in [0.15, 0.2) is 0 Å². The molecule has 0 bridgehead atoms. The highest BCUT2D eigenvalue weighted by molar-refractivity contribution is 5.94. The minimum absolute atomic E-state index is 0.0575. The van der Waals surface area contributed by atoms with Crippen LogP contribution < -0.4 is 5.32 Å². The number of aromatic nitrogens is 4. The Hall–Kier alpha value is -2.31. The molecule has 0 aromatic carbocycles. The van der Waals surface area contributed by atoms with Crippen LogP contribution in [0.2, 0.25) is 0 Å². The fourth-order valence-electron chi connectivity index (χ4n) is 2.07. The predicted molar refractivity (Wildman–Crippen MR) is 70.2 cm³/mol. The zero-order valence-electron chi connectivity index (χ0n) is 11.2. The van der Waals surface area contributed by atoms with E-state index in [2.05, 4.69) is 15.4 Å². The number of rotatable bonds is 5. The number of aromatic carboxylic acids is 1.